The Morgan fingerprint density at radius 3 is 2.26 bits per heavy atom. The van der Waals surface area contributed by atoms with Crippen molar-refractivity contribution in [2.45, 2.75) is 58.8 Å². The molecule has 0 spiro atoms. The van der Waals surface area contributed by atoms with Gasteiger partial charge in [-0.15, -0.1) is 0 Å². The molecular weight excluding hydrogens is 246 g/mol. The molecular formula is C14H25NO4. The van der Waals surface area contributed by atoms with E-state index in [0.717, 1.165) is 0 Å². The molecule has 5 nitrogen and oxygen atoms in total. The molecule has 5 heteroatoms. The molecule has 0 aromatic heterocycles. The van der Waals surface area contributed by atoms with E-state index in [4.69, 9.17) is 9.47 Å². The zero-order valence-corrected chi connectivity index (χ0v) is 12.7. The minimum Gasteiger partial charge on any atom is -0.444 e. The van der Waals surface area contributed by atoms with Gasteiger partial charge in [0, 0.05) is 19.4 Å². The number of amides is 1. The Kier molecular flexibility index (Phi) is 4.96. The summed E-state index contributed by atoms with van der Waals surface area (Å²) in [5, 5.41) is 0. The molecule has 1 fully saturated rings. The summed E-state index contributed by atoms with van der Waals surface area (Å²) >= 11 is 0. The number of ketones is 1. The molecule has 0 aromatic carbocycles. The molecule has 0 bridgehead atoms. The predicted molar refractivity (Wildman–Crippen MR) is 72.0 cm³/mol. The third-order valence-corrected chi connectivity index (χ3v) is 3.12. The van der Waals surface area contributed by atoms with Crippen LogP contribution in [0.25, 0.3) is 0 Å². The van der Waals surface area contributed by atoms with Crippen molar-refractivity contribution in [1.29, 1.82) is 0 Å². The highest BCUT2D eigenvalue weighted by molar-refractivity contribution is 5.89. The molecule has 0 N–H and O–H groups in total. The molecule has 0 saturated carbocycles. The zero-order valence-electron chi connectivity index (χ0n) is 12.7. The van der Waals surface area contributed by atoms with E-state index >= 15 is 0 Å². The normalized spacial score (nSPS) is 23.8. The highest BCUT2D eigenvalue weighted by Gasteiger charge is 2.41. The number of hydrogen-bond acceptors (Lipinski definition) is 4. The second-order valence-electron chi connectivity index (χ2n) is 6.30. The number of ether oxygens (including phenoxy) is 2. The number of Topliss-reactive ketones (excluding diaryl/α,β-unsaturated/α-hetero) is 1. The summed E-state index contributed by atoms with van der Waals surface area (Å²) in [7, 11) is 1.60. The lowest BCUT2D eigenvalue weighted by Crippen LogP contribution is -2.44. The largest absolute Gasteiger partial charge is 0.444 e. The fourth-order valence-corrected chi connectivity index (χ4v) is 2.15. The number of carbonyl (C=O) groups is 2. The molecule has 0 radical (unpaired) electrons. The Balaban J connectivity index is 2.83. The molecule has 0 aliphatic carbocycles. The van der Waals surface area contributed by atoms with Crippen molar-refractivity contribution in [2.75, 3.05) is 13.7 Å². The Morgan fingerprint density at radius 1 is 1.26 bits per heavy atom. The van der Waals surface area contributed by atoms with Crippen LogP contribution in [-0.4, -0.2) is 48.2 Å². The van der Waals surface area contributed by atoms with Gasteiger partial charge in [-0.25, -0.2) is 4.79 Å². The van der Waals surface area contributed by atoms with Gasteiger partial charge in [0.05, 0.1) is 18.7 Å². The Morgan fingerprint density at radius 2 is 1.84 bits per heavy atom. The van der Waals surface area contributed by atoms with Crippen molar-refractivity contribution in [3.63, 3.8) is 0 Å². The van der Waals surface area contributed by atoms with Gasteiger partial charge in [0.15, 0.2) is 5.78 Å². The molecule has 0 unspecified atom stereocenters. The van der Waals surface area contributed by atoms with Crippen LogP contribution in [-0.2, 0) is 14.3 Å². The first kappa shape index (κ1) is 16.0. The lowest BCUT2D eigenvalue weighted by Gasteiger charge is -2.28. The van der Waals surface area contributed by atoms with E-state index in [-0.39, 0.29) is 17.8 Å². The van der Waals surface area contributed by atoms with Gasteiger partial charge in [0.1, 0.15) is 5.60 Å². The van der Waals surface area contributed by atoms with Crippen LogP contribution >= 0.6 is 0 Å². The lowest BCUT2D eigenvalue weighted by molar-refractivity contribution is -0.126. The van der Waals surface area contributed by atoms with Crippen molar-refractivity contribution >= 4 is 11.9 Å². The maximum atomic E-state index is 12.2. The number of rotatable bonds is 3. The molecule has 1 aliphatic rings. The summed E-state index contributed by atoms with van der Waals surface area (Å²) in [6.45, 7) is 9.54. The summed E-state index contributed by atoms with van der Waals surface area (Å²) in [6.07, 6.45) is 0.0125. The van der Waals surface area contributed by atoms with Crippen molar-refractivity contribution < 1.29 is 19.1 Å². The molecule has 1 rings (SSSR count). The van der Waals surface area contributed by atoms with E-state index in [9.17, 15) is 9.59 Å². The minimum atomic E-state index is -0.562. The molecule has 110 valence electrons. The van der Waals surface area contributed by atoms with Crippen LogP contribution in [0.4, 0.5) is 4.79 Å². The maximum Gasteiger partial charge on any atom is 0.410 e. The van der Waals surface area contributed by atoms with Gasteiger partial charge in [-0.05, 0) is 20.8 Å². The lowest BCUT2D eigenvalue weighted by atomic mass is 9.99. The quantitative estimate of drug-likeness (QED) is 0.790. The van der Waals surface area contributed by atoms with Gasteiger partial charge >= 0.3 is 6.09 Å². The molecule has 0 aromatic rings. The first-order valence-corrected chi connectivity index (χ1v) is 6.72. The van der Waals surface area contributed by atoms with Crippen LogP contribution in [0, 0.1) is 5.92 Å². The second-order valence-corrected chi connectivity index (χ2v) is 6.30. The van der Waals surface area contributed by atoms with Gasteiger partial charge in [-0.3, -0.25) is 9.69 Å². The van der Waals surface area contributed by atoms with Crippen molar-refractivity contribution in [1.82, 2.24) is 4.90 Å². The smallest absolute Gasteiger partial charge is 0.410 e. The van der Waals surface area contributed by atoms with Gasteiger partial charge in [-0.2, -0.15) is 0 Å². The van der Waals surface area contributed by atoms with Crippen molar-refractivity contribution in [2.24, 2.45) is 5.92 Å². The van der Waals surface area contributed by atoms with E-state index in [1.165, 1.54) is 4.90 Å². The highest BCUT2D eigenvalue weighted by Crippen LogP contribution is 2.25. The first-order chi connectivity index (χ1) is 8.65. The van der Waals surface area contributed by atoms with Crippen molar-refractivity contribution in [3.8, 4) is 0 Å². The summed E-state index contributed by atoms with van der Waals surface area (Å²) < 4.78 is 10.6. The maximum absolute atomic E-state index is 12.2. The zero-order chi connectivity index (χ0) is 14.8. The molecule has 1 heterocycles. The summed E-state index contributed by atoms with van der Waals surface area (Å²) in [4.78, 5) is 25.8. The monoisotopic (exact) mass is 271 g/mol. The van der Waals surface area contributed by atoms with E-state index in [1.54, 1.807) is 7.11 Å². The first-order valence-electron chi connectivity index (χ1n) is 6.72. The Hall–Kier alpha value is -1.10. The van der Waals surface area contributed by atoms with Crippen LogP contribution in [0.15, 0.2) is 0 Å². The van der Waals surface area contributed by atoms with Crippen molar-refractivity contribution in [3.05, 3.63) is 0 Å². The van der Waals surface area contributed by atoms with Crippen LogP contribution in [0.3, 0.4) is 0 Å². The fourth-order valence-electron chi connectivity index (χ4n) is 2.15. The third-order valence-electron chi connectivity index (χ3n) is 3.12. The number of likely N-dealkylation sites (tertiary alicyclic amines) is 1. The van der Waals surface area contributed by atoms with Gasteiger partial charge < -0.3 is 9.47 Å². The van der Waals surface area contributed by atoms with Crippen LogP contribution in [0.2, 0.25) is 0 Å². The minimum absolute atomic E-state index is 0.0606. The molecule has 2 atom stereocenters. The molecule has 1 saturated heterocycles. The topological polar surface area (TPSA) is 55.8 Å². The van der Waals surface area contributed by atoms with Gasteiger partial charge in [0.25, 0.3) is 0 Å². The Bertz CT molecular complexity index is 346. The number of methoxy groups -OCH3 is 1. The van der Waals surface area contributed by atoms with Crippen LogP contribution in [0.1, 0.15) is 41.0 Å². The average Bonchev–Trinajstić information content (AvgIpc) is 2.69. The van der Waals surface area contributed by atoms with E-state index in [1.807, 2.05) is 34.6 Å². The molecule has 1 aliphatic heterocycles. The standard InChI is InChI=1S/C14H25NO4/c1-9(2)12(16)11-7-10(18-6)8-15(11)13(17)19-14(3,4)5/h9-11H,7-8H2,1-6H3/t10-,11-/m0/s1. The van der Waals surface area contributed by atoms with Gasteiger partial charge in [0.2, 0.25) is 0 Å². The van der Waals surface area contributed by atoms with E-state index in [0.29, 0.717) is 13.0 Å². The van der Waals surface area contributed by atoms with Crippen LogP contribution in [0.5, 0.6) is 0 Å². The highest BCUT2D eigenvalue weighted by atomic mass is 16.6. The summed E-state index contributed by atoms with van der Waals surface area (Å²) in [5.74, 6) is -0.0454. The Labute approximate surface area is 115 Å². The SMILES string of the molecule is CO[C@H]1C[C@@H](C(=O)C(C)C)N(C(=O)OC(C)(C)C)C1. The molecule has 19 heavy (non-hydrogen) atoms. The average molecular weight is 271 g/mol. The number of nitrogens with zero attached hydrogens (tertiary/aromatic N) is 1. The van der Waals surface area contributed by atoms with Gasteiger partial charge in [-0.1, -0.05) is 13.8 Å². The third kappa shape index (κ3) is 4.20. The van der Waals surface area contributed by atoms with E-state index < -0.39 is 17.7 Å². The second kappa shape index (κ2) is 5.90. The predicted octanol–water partition coefficient (Wildman–Crippen LogP) is 2.24. The number of carbonyl (C=O) groups excluding carboxylic acids is 2. The summed E-state index contributed by atoms with van der Waals surface area (Å²) in [5.41, 5.74) is -0.562. The fraction of sp³-hybridized carbons (Fsp3) is 0.857. The summed E-state index contributed by atoms with van der Waals surface area (Å²) in [6, 6.07) is -0.431. The molecule has 1 amide bonds. The number of hydrogen-bond donors (Lipinski definition) is 0. The van der Waals surface area contributed by atoms with E-state index in [2.05, 4.69) is 0 Å². The van der Waals surface area contributed by atoms with Crippen LogP contribution < -0.4 is 0 Å².